The van der Waals surface area contributed by atoms with Crippen molar-refractivity contribution in [1.29, 1.82) is 0 Å². The van der Waals surface area contributed by atoms with Gasteiger partial charge in [-0.15, -0.1) is 0 Å². The highest BCUT2D eigenvalue weighted by Gasteiger charge is 2.49. The second kappa shape index (κ2) is 3.94. The van der Waals surface area contributed by atoms with E-state index in [4.69, 9.17) is 4.99 Å². The minimum absolute atomic E-state index is 0.258. The zero-order valence-electron chi connectivity index (χ0n) is 12.5. The first-order valence-corrected chi connectivity index (χ1v) is 8.10. The molecule has 2 nitrogen and oxygen atoms in total. The van der Waals surface area contributed by atoms with Crippen LogP contribution in [0.4, 0.5) is 0 Å². The Morgan fingerprint density at radius 3 is 2.95 bits per heavy atom. The van der Waals surface area contributed by atoms with Crippen LogP contribution in [0.15, 0.2) is 16.1 Å². The van der Waals surface area contributed by atoms with E-state index in [-0.39, 0.29) is 5.54 Å². The number of fused-ring (bicyclic) bond motifs is 2. The highest BCUT2D eigenvalue weighted by Crippen LogP contribution is 2.49. The van der Waals surface area contributed by atoms with E-state index >= 15 is 0 Å². The van der Waals surface area contributed by atoms with Crippen LogP contribution >= 0.6 is 0 Å². The molecule has 2 aliphatic carbocycles. The molecule has 5 unspecified atom stereocenters. The molecular formula is C17H26N2. The fraction of sp³-hybridized carbons (Fsp3) is 0.824. The Morgan fingerprint density at radius 2 is 2.11 bits per heavy atom. The lowest BCUT2D eigenvalue weighted by atomic mass is 9.64. The Balaban J connectivity index is 1.88. The predicted molar refractivity (Wildman–Crippen MR) is 79.6 cm³/mol. The quantitative estimate of drug-likeness (QED) is 0.662. The maximum absolute atomic E-state index is 5.20. The first-order chi connectivity index (χ1) is 9.08. The van der Waals surface area contributed by atoms with Crippen molar-refractivity contribution in [3.05, 3.63) is 11.1 Å². The number of nitrogens with one attached hydrogen (secondary N) is 1. The summed E-state index contributed by atoms with van der Waals surface area (Å²) >= 11 is 0. The normalized spacial score (nSPS) is 48.7. The molecule has 0 aromatic rings. The monoisotopic (exact) mass is 258 g/mol. The molecule has 2 heterocycles. The van der Waals surface area contributed by atoms with Gasteiger partial charge in [-0.2, -0.15) is 0 Å². The van der Waals surface area contributed by atoms with E-state index in [2.05, 4.69) is 26.1 Å². The molecule has 104 valence electrons. The largest absolute Gasteiger partial charge is 0.311 e. The number of hydrogen-bond acceptors (Lipinski definition) is 2. The van der Waals surface area contributed by atoms with Crippen molar-refractivity contribution < 1.29 is 0 Å². The lowest BCUT2D eigenvalue weighted by Gasteiger charge is -2.46. The molecule has 0 saturated heterocycles. The molecular weight excluding hydrogens is 232 g/mol. The van der Waals surface area contributed by atoms with Gasteiger partial charge < -0.3 is 5.32 Å². The van der Waals surface area contributed by atoms with Gasteiger partial charge in [-0.1, -0.05) is 25.0 Å². The molecule has 1 fully saturated rings. The Kier molecular flexibility index (Phi) is 2.52. The maximum atomic E-state index is 5.20. The molecule has 19 heavy (non-hydrogen) atoms. The number of hydrogen-bond donors (Lipinski definition) is 1. The topological polar surface area (TPSA) is 24.4 Å². The van der Waals surface area contributed by atoms with Crippen molar-refractivity contribution in [2.75, 3.05) is 6.54 Å². The molecule has 2 aliphatic heterocycles. The van der Waals surface area contributed by atoms with Gasteiger partial charge in [-0.3, -0.25) is 4.99 Å². The second-order valence-corrected chi connectivity index (χ2v) is 7.58. The van der Waals surface area contributed by atoms with Crippen LogP contribution in [0.2, 0.25) is 0 Å². The lowest BCUT2D eigenvalue weighted by molar-refractivity contribution is 0.161. The van der Waals surface area contributed by atoms with Crippen molar-refractivity contribution in [1.82, 2.24) is 5.32 Å². The van der Waals surface area contributed by atoms with Crippen LogP contribution in [-0.2, 0) is 0 Å². The van der Waals surface area contributed by atoms with Gasteiger partial charge >= 0.3 is 0 Å². The van der Waals surface area contributed by atoms with Crippen LogP contribution in [0, 0.1) is 17.8 Å². The maximum Gasteiger partial charge on any atom is 0.0574 e. The van der Waals surface area contributed by atoms with Crippen LogP contribution in [0.1, 0.15) is 52.9 Å². The van der Waals surface area contributed by atoms with Crippen molar-refractivity contribution in [3.8, 4) is 0 Å². The number of allylic oxidation sites excluding steroid dienone is 1. The first-order valence-electron chi connectivity index (χ1n) is 8.10. The molecule has 2 heteroatoms. The van der Waals surface area contributed by atoms with Crippen molar-refractivity contribution in [2.24, 2.45) is 22.7 Å². The first kappa shape index (κ1) is 12.1. The van der Waals surface area contributed by atoms with Gasteiger partial charge in [0.05, 0.1) is 6.04 Å². The van der Waals surface area contributed by atoms with E-state index in [1.807, 2.05) is 0 Å². The molecule has 1 saturated carbocycles. The number of aliphatic imine (C=N–C) groups is 1. The fourth-order valence-electron chi connectivity index (χ4n) is 5.09. The minimum atomic E-state index is 0.258. The van der Waals surface area contributed by atoms with Gasteiger partial charge in [-0.05, 0) is 51.0 Å². The molecule has 4 rings (SSSR count). The number of rotatable bonds is 0. The standard InChI is InChI=1S/C17H26N2/c1-10-14-7-13-9-17(3)11(2)16(10)19-15(14)8-12(13)5-4-6-18-17/h10-11,14,16,18H,4-9H2,1-3H3. The molecule has 4 bridgehead atoms. The van der Waals surface area contributed by atoms with Crippen LogP contribution in [0.5, 0.6) is 0 Å². The third-order valence-corrected chi connectivity index (χ3v) is 6.56. The van der Waals surface area contributed by atoms with E-state index in [0.29, 0.717) is 12.0 Å². The van der Waals surface area contributed by atoms with E-state index in [1.165, 1.54) is 38.6 Å². The Hall–Kier alpha value is -0.630. The molecule has 0 amide bonds. The van der Waals surface area contributed by atoms with Crippen molar-refractivity contribution in [3.63, 3.8) is 0 Å². The molecule has 0 aromatic heterocycles. The summed E-state index contributed by atoms with van der Waals surface area (Å²) in [5.41, 5.74) is 5.35. The van der Waals surface area contributed by atoms with Crippen LogP contribution in [-0.4, -0.2) is 23.8 Å². The molecule has 0 spiro atoms. The van der Waals surface area contributed by atoms with Crippen LogP contribution < -0.4 is 5.32 Å². The summed E-state index contributed by atoms with van der Waals surface area (Å²) in [7, 11) is 0. The van der Waals surface area contributed by atoms with Gasteiger partial charge in [-0.25, -0.2) is 0 Å². The Labute approximate surface area is 116 Å². The Morgan fingerprint density at radius 1 is 1.26 bits per heavy atom. The van der Waals surface area contributed by atoms with Gasteiger partial charge in [0.2, 0.25) is 0 Å². The average Bonchev–Trinajstić information content (AvgIpc) is 2.70. The van der Waals surface area contributed by atoms with Gasteiger partial charge in [0.1, 0.15) is 0 Å². The molecule has 5 atom stereocenters. The summed E-state index contributed by atoms with van der Waals surface area (Å²) < 4.78 is 0. The SMILES string of the molecule is CC1C2CC3=C4CCCNC(C)(C3)C(C)C1N=C2C4. The van der Waals surface area contributed by atoms with Crippen molar-refractivity contribution in [2.45, 2.75) is 64.5 Å². The van der Waals surface area contributed by atoms with Crippen LogP contribution in [0.3, 0.4) is 0 Å². The van der Waals surface area contributed by atoms with E-state index in [9.17, 15) is 0 Å². The zero-order chi connectivity index (χ0) is 13.2. The molecule has 0 radical (unpaired) electrons. The summed E-state index contributed by atoms with van der Waals surface area (Å²) in [6, 6.07) is 0.552. The summed E-state index contributed by atoms with van der Waals surface area (Å²) in [6.07, 6.45) is 6.41. The summed E-state index contributed by atoms with van der Waals surface area (Å²) in [5, 5.41) is 3.89. The van der Waals surface area contributed by atoms with E-state index < -0.39 is 0 Å². The summed E-state index contributed by atoms with van der Waals surface area (Å²) in [4.78, 5) is 5.20. The van der Waals surface area contributed by atoms with Crippen LogP contribution in [0.25, 0.3) is 0 Å². The average molecular weight is 258 g/mol. The lowest BCUT2D eigenvalue weighted by Crippen LogP contribution is -2.54. The highest BCUT2D eigenvalue weighted by molar-refractivity contribution is 5.92. The minimum Gasteiger partial charge on any atom is -0.311 e. The van der Waals surface area contributed by atoms with E-state index in [1.54, 1.807) is 16.9 Å². The highest BCUT2D eigenvalue weighted by atomic mass is 15.0. The van der Waals surface area contributed by atoms with E-state index in [0.717, 1.165) is 11.8 Å². The Bertz CT molecular complexity index is 476. The van der Waals surface area contributed by atoms with Gasteiger partial charge in [0.25, 0.3) is 0 Å². The number of nitrogens with zero attached hydrogens (tertiary/aromatic N) is 1. The van der Waals surface area contributed by atoms with Gasteiger partial charge in [0.15, 0.2) is 0 Å². The fourth-order valence-corrected chi connectivity index (χ4v) is 5.09. The molecule has 4 aliphatic rings. The summed E-state index contributed by atoms with van der Waals surface area (Å²) in [5.74, 6) is 2.17. The zero-order valence-corrected chi connectivity index (χ0v) is 12.5. The van der Waals surface area contributed by atoms with Gasteiger partial charge in [0, 0.05) is 23.6 Å². The molecule has 1 N–H and O–H groups in total. The third-order valence-electron chi connectivity index (χ3n) is 6.56. The third kappa shape index (κ3) is 1.62. The summed E-state index contributed by atoms with van der Waals surface area (Å²) in [6.45, 7) is 8.51. The molecule has 0 aromatic carbocycles. The predicted octanol–water partition coefficient (Wildman–Crippen LogP) is 3.33. The van der Waals surface area contributed by atoms with Crippen molar-refractivity contribution >= 4 is 5.71 Å². The smallest absolute Gasteiger partial charge is 0.0574 e. The second-order valence-electron chi connectivity index (χ2n) is 7.58.